The van der Waals surface area contributed by atoms with E-state index in [0.29, 0.717) is 0 Å². The van der Waals surface area contributed by atoms with Gasteiger partial charge in [-0.25, -0.2) is 0 Å². The molecule has 3 nitrogen and oxygen atoms in total. The quantitative estimate of drug-likeness (QED) is 0.210. The summed E-state index contributed by atoms with van der Waals surface area (Å²) < 4.78 is 15.0. The minimum absolute atomic E-state index is 0.908. The Morgan fingerprint density at radius 1 is 0.356 bits per heavy atom. The summed E-state index contributed by atoms with van der Waals surface area (Å²) >= 11 is 0. The molecule has 0 aliphatic heterocycles. The third-order valence-electron chi connectivity index (χ3n) is 9.21. The van der Waals surface area contributed by atoms with E-state index < -0.39 is 0 Å². The fourth-order valence-electron chi connectivity index (χ4n) is 7.08. The summed E-state index contributed by atoms with van der Waals surface area (Å²) in [4.78, 5) is 0. The van der Waals surface area contributed by atoms with Gasteiger partial charge < -0.3 is 13.4 Å². The first-order valence-electron chi connectivity index (χ1n) is 15.3. The van der Waals surface area contributed by atoms with Crippen molar-refractivity contribution < 1.29 is 8.83 Å². The normalized spacial score (nSPS) is 12.0. The number of furan rings is 2. The monoisotopic (exact) mass is 575 g/mol. The molecule has 10 aromatic rings. The average molecular weight is 576 g/mol. The van der Waals surface area contributed by atoms with Gasteiger partial charge in [-0.05, 0) is 70.8 Å². The summed E-state index contributed by atoms with van der Waals surface area (Å²) in [6, 6.07) is 53.7. The summed E-state index contributed by atoms with van der Waals surface area (Å²) in [5.74, 6) is 0. The molecule has 3 heterocycles. The van der Waals surface area contributed by atoms with Gasteiger partial charge in [0.15, 0.2) is 5.58 Å². The van der Waals surface area contributed by atoms with E-state index in [1.54, 1.807) is 0 Å². The van der Waals surface area contributed by atoms with E-state index in [9.17, 15) is 0 Å². The van der Waals surface area contributed by atoms with Crippen LogP contribution in [-0.2, 0) is 0 Å². The zero-order valence-electron chi connectivity index (χ0n) is 24.2. The molecule has 0 aliphatic carbocycles. The summed E-state index contributed by atoms with van der Waals surface area (Å²) in [6.45, 7) is 0. The van der Waals surface area contributed by atoms with Crippen molar-refractivity contribution in [1.82, 2.24) is 4.57 Å². The summed E-state index contributed by atoms with van der Waals surface area (Å²) in [7, 11) is 0. The van der Waals surface area contributed by atoms with Gasteiger partial charge in [0.25, 0.3) is 0 Å². The Balaban J connectivity index is 1.11. The lowest BCUT2D eigenvalue weighted by Crippen LogP contribution is -1.94. The minimum atomic E-state index is 0.908. The topological polar surface area (TPSA) is 31.2 Å². The highest BCUT2D eigenvalue weighted by atomic mass is 16.3. The zero-order chi connectivity index (χ0) is 29.5. The first-order valence-corrected chi connectivity index (χ1v) is 15.3. The Morgan fingerprint density at radius 2 is 0.956 bits per heavy atom. The number of hydrogen-bond donors (Lipinski definition) is 0. The maximum absolute atomic E-state index is 6.55. The number of fused-ring (bicyclic) bond motifs is 10. The highest BCUT2D eigenvalue weighted by Gasteiger charge is 2.19. The molecule has 0 aliphatic rings. The van der Waals surface area contributed by atoms with Crippen molar-refractivity contribution in [3.8, 4) is 27.9 Å². The van der Waals surface area contributed by atoms with E-state index in [0.717, 1.165) is 66.2 Å². The second-order valence-electron chi connectivity index (χ2n) is 11.7. The van der Waals surface area contributed by atoms with Crippen molar-refractivity contribution in [2.24, 2.45) is 0 Å². The van der Waals surface area contributed by atoms with Gasteiger partial charge in [0, 0.05) is 38.0 Å². The smallest absolute Gasteiger partial charge is 0.160 e. The second kappa shape index (κ2) is 9.22. The van der Waals surface area contributed by atoms with E-state index in [1.165, 1.54) is 27.5 Å². The number of para-hydroxylation sites is 3. The predicted molar refractivity (Wildman–Crippen MR) is 186 cm³/mol. The first-order chi connectivity index (χ1) is 22.3. The van der Waals surface area contributed by atoms with Crippen LogP contribution in [0.5, 0.6) is 0 Å². The maximum atomic E-state index is 6.55. The van der Waals surface area contributed by atoms with Crippen LogP contribution >= 0.6 is 0 Å². The molecule has 0 radical (unpaired) electrons. The molecular weight excluding hydrogens is 550 g/mol. The molecule has 10 rings (SSSR count). The molecule has 0 amide bonds. The zero-order valence-corrected chi connectivity index (χ0v) is 24.2. The van der Waals surface area contributed by atoms with Gasteiger partial charge in [-0.15, -0.1) is 0 Å². The molecule has 3 heteroatoms. The molecule has 7 aromatic carbocycles. The van der Waals surface area contributed by atoms with Crippen molar-refractivity contribution in [2.45, 2.75) is 0 Å². The van der Waals surface area contributed by atoms with Gasteiger partial charge in [-0.3, -0.25) is 0 Å². The van der Waals surface area contributed by atoms with Crippen molar-refractivity contribution in [1.29, 1.82) is 0 Å². The Bertz CT molecular complexity index is 2760. The van der Waals surface area contributed by atoms with E-state index in [4.69, 9.17) is 8.83 Å². The molecule has 0 atom stereocenters. The third kappa shape index (κ3) is 3.58. The van der Waals surface area contributed by atoms with Crippen LogP contribution in [-0.4, -0.2) is 4.57 Å². The minimum Gasteiger partial charge on any atom is -0.456 e. The molecular formula is C42H25NO2. The Hall–Kier alpha value is -6.06. The van der Waals surface area contributed by atoms with Crippen molar-refractivity contribution in [3.05, 3.63) is 152 Å². The molecule has 210 valence electrons. The maximum Gasteiger partial charge on any atom is 0.160 e. The van der Waals surface area contributed by atoms with Crippen LogP contribution in [0.2, 0.25) is 0 Å². The summed E-state index contributed by atoms with van der Waals surface area (Å²) in [5, 5.41) is 6.97. The van der Waals surface area contributed by atoms with Crippen LogP contribution < -0.4 is 0 Å². The van der Waals surface area contributed by atoms with Crippen molar-refractivity contribution in [3.63, 3.8) is 0 Å². The van der Waals surface area contributed by atoms with E-state index in [-0.39, 0.29) is 0 Å². The number of rotatable bonds is 3. The van der Waals surface area contributed by atoms with Crippen molar-refractivity contribution >= 4 is 65.7 Å². The molecule has 0 spiro atoms. The lowest BCUT2D eigenvalue weighted by Gasteiger charge is -2.11. The van der Waals surface area contributed by atoms with Gasteiger partial charge >= 0.3 is 0 Å². The number of nitrogens with zero attached hydrogens (tertiary/aromatic N) is 1. The molecule has 0 bridgehead atoms. The molecule has 0 fully saturated rings. The third-order valence-corrected chi connectivity index (χ3v) is 9.21. The highest BCUT2D eigenvalue weighted by molar-refractivity contribution is 6.21. The number of aromatic nitrogens is 1. The average Bonchev–Trinajstić information content (AvgIpc) is 3.78. The van der Waals surface area contributed by atoms with E-state index in [1.807, 2.05) is 24.3 Å². The molecule has 0 saturated heterocycles. The largest absolute Gasteiger partial charge is 0.456 e. The lowest BCUT2D eigenvalue weighted by molar-refractivity contribution is 0.669. The molecule has 0 unspecified atom stereocenters. The molecule has 3 aromatic heterocycles. The number of hydrogen-bond acceptors (Lipinski definition) is 2. The lowest BCUT2D eigenvalue weighted by atomic mass is 9.99. The SMILES string of the molecule is c1cc(-c2ccc(-c3ccc4oc5ccccc5c4c3)cc2)cc(-n2c3ccccc3c3ccc4c5ccccc5oc4c32)c1. The van der Waals surface area contributed by atoms with Crippen molar-refractivity contribution in [2.75, 3.05) is 0 Å². The highest BCUT2D eigenvalue weighted by Crippen LogP contribution is 2.41. The van der Waals surface area contributed by atoms with Crippen LogP contribution in [0.15, 0.2) is 160 Å². The second-order valence-corrected chi connectivity index (χ2v) is 11.7. The van der Waals surface area contributed by atoms with Crippen LogP contribution in [0.25, 0.3) is 93.6 Å². The van der Waals surface area contributed by atoms with Crippen LogP contribution in [0, 0.1) is 0 Å². The van der Waals surface area contributed by atoms with Crippen LogP contribution in [0.1, 0.15) is 0 Å². The van der Waals surface area contributed by atoms with Gasteiger partial charge in [-0.2, -0.15) is 0 Å². The van der Waals surface area contributed by atoms with Gasteiger partial charge in [-0.1, -0.05) is 103 Å². The first kappa shape index (κ1) is 24.4. The summed E-state index contributed by atoms with van der Waals surface area (Å²) in [5.41, 5.74) is 11.7. The number of benzene rings is 7. The Kier molecular flexibility index (Phi) is 5.00. The molecule has 0 saturated carbocycles. The van der Waals surface area contributed by atoms with Gasteiger partial charge in [0.2, 0.25) is 0 Å². The van der Waals surface area contributed by atoms with Gasteiger partial charge in [0.05, 0.1) is 11.0 Å². The van der Waals surface area contributed by atoms with Gasteiger partial charge in [0.1, 0.15) is 16.7 Å². The molecule has 0 N–H and O–H groups in total. The van der Waals surface area contributed by atoms with E-state index >= 15 is 0 Å². The summed E-state index contributed by atoms with van der Waals surface area (Å²) in [6.07, 6.45) is 0. The van der Waals surface area contributed by atoms with E-state index in [2.05, 4.69) is 132 Å². The van der Waals surface area contributed by atoms with Crippen LogP contribution in [0.4, 0.5) is 0 Å². The van der Waals surface area contributed by atoms with Crippen LogP contribution in [0.3, 0.4) is 0 Å². The standard InChI is InChI=1S/C42H25NO2/c1-4-13-37-31(10-1)34-21-22-35-32-11-2-6-15-39(32)45-42(35)41(34)43(37)30-9-7-8-28(24-30)26-16-18-27(19-17-26)29-20-23-40-36(25-29)33-12-3-5-14-38(33)44-40/h1-25H. The predicted octanol–water partition coefficient (Wildman–Crippen LogP) is 11.9. The fourth-order valence-corrected chi connectivity index (χ4v) is 7.08. The Labute approximate surface area is 258 Å². The fraction of sp³-hybridized carbons (Fsp3) is 0. The molecule has 45 heavy (non-hydrogen) atoms. The Morgan fingerprint density at radius 3 is 1.76 bits per heavy atom.